The highest BCUT2D eigenvalue weighted by atomic mass is 16.6. The van der Waals surface area contributed by atoms with Gasteiger partial charge in [0.05, 0.1) is 7.11 Å². The summed E-state index contributed by atoms with van der Waals surface area (Å²) in [5.74, 6) is -1.55. The van der Waals surface area contributed by atoms with Crippen LogP contribution in [-0.4, -0.2) is 36.4 Å². The van der Waals surface area contributed by atoms with E-state index in [1.807, 2.05) is 6.92 Å². The summed E-state index contributed by atoms with van der Waals surface area (Å²) in [6, 6.07) is 0. The van der Waals surface area contributed by atoms with Crippen molar-refractivity contribution in [2.75, 3.05) is 7.11 Å². The first kappa shape index (κ1) is 13.9. The molecule has 0 aromatic carbocycles. The Morgan fingerprint density at radius 2 is 1.80 bits per heavy atom. The first-order chi connectivity index (χ1) is 6.93. The second kappa shape index (κ2) is 6.40. The Kier molecular flexibility index (Phi) is 5.93. The Balaban J connectivity index is 4.51. The topological polar surface area (TPSA) is 72.8 Å². The molecule has 0 aliphatic carbocycles. The molecule has 0 aromatic rings. The Morgan fingerprint density at radius 3 is 2.13 bits per heavy atom. The zero-order chi connectivity index (χ0) is 12.0. The number of carbonyl (C=O) groups is 2. The van der Waals surface area contributed by atoms with E-state index in [4.69, 9.17) is 9.84 Å². The molecule has 0 aliphatic rings. The Labute approximate surface area is 89.4 Å². The number of hydrogen-bond acceptors (Lipinski definition) is 5. The van der Waals surface area contributed by atoms with Gasteiger partial charge in [-0.15, -0.1) is 0 Å². The summed E-state index contributed by atoms with van der Waals surface area (Å²) in [6.07, 6.45) is -1.50. The van der Waals surface area contributed by atoms with Crippen LogP contribution in [-0.2, 0) is 19.1 Å². The van der Waals surface area contributed by atoms with Crippen molar-refractivity contribution in [2.45, 2.75) is 39.4 Å². The van der Waals surface area contributed by atoms with Crippen LogP contribution in [0.5, 0.6) is 0 Å². The van der Waals surface area contributed by atoms with Crippen molar-refractivity contribution in [1.82, 2.24) is 0 Å². The fourth-order valence-electron chi connectivity index (χ4n) is 0.950. The van der Waals surface area contributed by atoms with Crippen LogP contribution in [0.4, 0.5) is 0 Å². The SMILES string of the molecule is CCC(C)[C@H](OC(=O)[C@H](C)O)C(=O)OC. The summed E-state index contributed by atoms with van der Waals surface area (Å²) < 4.78 is 9.37. The normalized spacial score (nSPS) is 16.3. The third-order valence-corrected chi connectivity index (χ3v) is 2.18. The molecule has 0 bridgehead atoms. The fraction of sp³-hybridized carbons (Fsp3) is 0.800. The van der Waals surface area contributed by atoms with Crippen LogP contribution >= 0.6 is 0 Å². The van der Waals surface area contributed by atoms with E-state index in [1.165, 1.54) is 14.0 Å². The first-order valence-electron chi connectivity index (χ1n) is 4.90. The molecule has 0 saturated heterocycles. The number of ether oxygens (including phenoxy) is 2. The van der Waals surface area contributed by atoms with E-state index in [1.54, 1.807) is 6.92 Å². The predicted molar refractivity (Wildman–Crippen MR) is 53.0 cm³/mol. The Bertz CT molecular complexity index is 224. The zero-order valence-electron chi connectivity index (χ0n) is 9.52. The second-order valence-electron chi connectivity index (χ2n) is 3.44. The lowest BCUT2D eigenvalue weighted by atomic mass is 10.0. The molecule has 0 rings (SSSR count). The smallest absolute Gasteiger partial charge is 0.347 e. The molecule has 5 heteroatoms. The third kappa shape index (κ3) is 4.29. The maximum Gasteiger partial charge on any atom is 0.347 e. The van der Waals surface area contributed by atoms with Crippen molar-refractivity contribution >= 4 is 11.9 Å². The zero-order valence-corrected chi connectivity index (χ0v) is 9.52. The van der Waals surface area contributed by atoms with E-state index in [9.17, 15) is 9.59 Å². The van der Waals surface area contributed by atoms with Crippen LogP contribution < -0.4 is 0 Å². The number of carbonyl (C=O) groups excluding carboxylic acids is 2. The molecular formula is C10H18O5. The van der Waals surface area contributed by atoms with E-state index in [0.29, 0.717) is 6.42 Å². The average molecular weight is 218 g/mol. The van der Waals surface area contributed by atoms with Gasteiger partial charge in [-0.05, 0) is 13.3 Å². The predicted octanol–water partition coefficient (Wildman–Crippen LogP) is 0.498. The van der Waals surface area contributed by atoms with Crippen molar-refractivity contribution < 1.29 is 24.2 Å². The molecule has 1 unspecified atom stereocenters. The lowest BCUT2D eigenvalue weighted by molar-refractivity contribution is -0.174. The molecule has 3 atom stereocenters. The van der Waals surface area contributed by atoms with Gasteiger partial charge in [0.1, 0.15) is 6.10 Å². The number of aliphatic hydroxyl groups is 1. The summed E-state index contributed by atoms with van der Waals surface area (Å²) in [5.41, 5.74) is 0. The van der Waals surface area contributed by atoms with Crippen molar-refractivity contribution in [3.05, 3.63) is 0 Å². The molecule has 5 nitrogen and oxygen atoms in total. The number of hydrogen-bond donors (Lipinski definition) is 1. The van der Waals surface area contributed by atoms with Gasteiger partial charge in [-0.25, -0.2) is 9.59 Å². The van der Waals surface area contributed by atoms with Crippen LogP contribution in [0.1, 0.15) is 27.2 Å². The number of rotatable bonds is 5. The van der Waals surface area contributed by atoms with Crippen LogP contribution in [0.15, 0.2) is 0 Å². The van der Waals surface area contributed by atoms with E-state index in [-0.39, 0.29) is 5.92 Å². The molecule has 0 saturated carbocycles. The fourth-order valence-corrected chi connectivity index (χ4v) is 0.950. The summed E-state index contributed by atoms with van der Waals surface area (Å²) in [6.45, 7) is 4.93. The Hall–Kier alpha value is -1.10. The van der Waals surface area contributed by atoms with Crippen molar-refractivity contribution in [3.63, 3.8) is 0 Å². The lowest BCUT2D eigenvalue weighted by Crippen LogP contribution is -2.36. The van der Waals surface area contributed by atoms with Gasteiger partial charge in [0.2, 0.25) is 6.10 Å². The molecule has 88 valence electrons. The van der Waals surface area contributed by atoms with Gasteiger partial charge in [-0.1, -0.05) is 13.8 Å². The monoisotopic (exact) mass is 218 g/mol. The maximum atomic E-state index is 11.3. The third-order valence-electron chi connectivity index (χ3n) is 2.18. The quantitative estimate of drug-likeness (QED) is 0.680. The highest BCUT2D eigenvalue weighted by molar-refractivity contribution is 5.81. The Morgan fingerprint density at radius 1 is 1.27 bits per heavy atom. The molecule has 0 heterocycles. The number of aliphatic hydroxyl groups excluding tert-OH is 1. The maximum absolute atomic E-state index is 11.3. The molecule has 1 N–H and O–H groups in total. The van der Waals surface area contributed by atoms with E-state index < -0.39 is 24.1 Å². The van der Waals surface area contributed by atoms with Gasteiger partial charge in [0, 0.05) is 5.92 Å². The average Bonchev–Trinajstić information content (AvgIpc) is 2.23. The number of esters is 2. The van der Waals surface area contributed by atoms with Gasteiger partial charge in [-0.2, -0.15) is 0 Å². The summed E-state index contributed by atoms with van der Waals surface area (Å²) in [7, 11) is 1.23. The van der Waals surface area contributed by atoms with Crippen LogP contribution in [0, 0.1) is 5.92 Å². The molecule has 15 heavy (non-hydrogen) atoms. The van der Waals surface area contributed by atoms with E-state index in [0.717, 1.165) is 0 Å². The minimum absolute atomic E-state index is 0.139. The van der Waals surface area contributed by atoms with Crippen molar-refractivity contribution in [2.24, 2.45) is 5.92 Å². The highest BCUT2D eigenvalue weighted by Crippen LogP contribution is 2.13. The standard InChI is InChI=1S/C10H18O5/c1-5-6(2)8(10(13)14-4)15-9(12)7(3)11/h6-8,11H,5H2,1-4H3/t6?,7-,8-/m0/s1. The van der Waals surface area contributed by atoms with Gasteiger partial charge < -0.3 is 14.6 Å². The van der Waals surface area contributed by atoms with Gasteiger partial charge in [0.25, 0.3) is 0 Å². The van der Waals surface area contributed by atoms with Crippen LogP contribution in [0.25, 0.3) is 0 Å². The molecule has 0 amide bonds. The van der Waals surface area contributed by atoms with Crippen LogP contribution in [0.2, 0.25) is 0 Å². The van der Waals surface area contributed by atoms with Gasteiger partial charge in [-0.3, -0.25) is 0 Å². The van der Waals surface area contributed by atoms with Crippen molar-refractivity contribution in [1.29, 1.82) is 0 Å². The number of methoxy groups -OCH3 is 1. The summed E-state index contributed by atoms with van der Waals surface area (Å²) in [4.78, 5) is 22.4. The molecular weight excluding hydrogens is 200 g/mol. The minimum atomic E-state index is -1.23. The molecule has 0 fully saturated rings. The van der Waals surface area contributed by atoms with Gasteiger partial charge >= 0.3 is 11.9 Å². The summed E-state index contributed by atoms with van der Waals surface area (Å²) in [5, 5.41) is 8.95. The molecule has 0 radical (unpaired) electrons. The van der Waals surface area contributed by atoms with E-state index >= 15 is 0 Å². The molecule has 0 spiro atoms. The van der Waals surface area contributed by atoms with E-state index in [2.05, 4.69) is 4.74 Å². The first-order valence-corrected chi connectivity index (χ1v) is 4.90. The largest absolute Gasteiger partial charge is 0.466 e. The second-order valence-corrected chi connectivity index (χ2v) is 3.44. The molecule has 0 aliphatic heterocycles. The minimum Gasteiger partial charge on any atom is -0.466 e. The van der Waals surface area contributed by atoms with Crippen LogP contribution in [0.3, 0.4) is 0 Å². The summed E-state index contributed by atoms with van der Waals surface area (Å²) >= 11 is 0. The van der Waals surface area contributed by atoms with Gasteiger partial charge in [0.15, 0.2) is 0 Å². The highest BCUT2D eigenvalue weighted by Gasteiger charge is 2.30. The van der Waals surface area contributed by atoms with Crippen molar-refractivity contribution in [3.8, 4) is 0 Å². The lowest BCUT2D eigenvalue weighted by Gasteiger charge is -2.21. The molecule has 0 aromatic heterocycles.